The molecule has 0 amide bonds. The van der Waals surface area contributed by atoms with Crippen LogP contribution in [-0.4, -0.2) is 17.5 Å². The molecule has 0 saturated heterocycles. The Bertz CT molecular complexity index is 426. The summed E-state index contributed by atoms with van der Waals surface area (Å²) in [6.07, 6.45) is 2.06. The number of esters is 1. The van der Waals surface area contributed by atoms with Crippen LogP contribution in [0.3, 0.4) is 0 Å². The molecule has 5 heteroatoms. The second-order valence-corrected chi connectivity index (χ2v) is 2.91. The van der Waals surface area contributed by atoms with Gasteiger partial charge in [-0.2, -0.15) is 0 Å². The van der Waals surface area contributed by atoms with E-state index in [4.69, 9.17) is 4.74 Å². The molecule has 5 nitrogen and oxygen atoms in total. The van der Waals surface area contributed by atoms with E-state index in [9.17, 15) is 14.9 Å². The number of nitro groups is 1. The maximum absolute atomic E-state index is 11.5. The fourth-order valence-electron chi connectivity index (χ4n) is 1.18. The van der Waals surface area contributed by atoms with Gasteiger partial charge in [-0.25, -0.2) is 4.79 Å². The van der Waals surface area contributed by atoms with Crippen LogP contribution in [0.15, 0.2) is 30.5 Å². The smallest absolute Gasteiger partial charge is 0.338 e. The summed E-state index contributed by atoms with van der Waals surface area (Å²) in [4.78, 5) is 21.1. The van der Waals surface area contributed by atoms with Crippen molar-refractivity contribution in [3.05, 3.63) is 51.7 Å². The molecule has 0 N–H and O–H groups in total. The van der Waals surface area contributed by atoms with Crippen molar-refractivity contribution in [2.75, 3.05) is 6.61 Å². The zero-order valence-electron chi connectivity index (χ0n) is 8.75. The number of benzene rings is 1. The van der Waals surface area contributed by atoms with E-state index in [2.05, 4.69) is 0 Å². The summed E-state index contributed by atoms with van der Waals surface area (Å²) in [6.45, 7) is 1.97. The first-order chi connectivity index (χ1) is 7.65. The Hall–Kier alpha value is -2.17. The second-order valence-electron chi connectivity index (χ2n) is 2.91. The van der Waals surface area contributed by atoms with Gasteiger partial charge in [-0.1, -0.05) is 18.2 Å². The lowest BCUT2D eigenvalue weighted by Crippen LogP contribution is -2.06. The standard InChI is InChI=1S/C11H11NO4/c1-2-16-11(13)10-6-4-3-5-9(10)7-8-12(14)15/h3-8H,2H2,1H3/b8-7-. The molecular formula is C11H11NO4. The number of rotatable bonds is 4. The zero-order chi connectivity index (χ0) is 12.0. The molecule has 84 valence electrons. The molecule has 0 fully saturated rings. The molecule has 16 heavy (non-hydrogen) atoms. The minimum absolute atomic E-state index is 0.270. The van der Waals surface area contributed by atoms with Gasteiger partial charge in [-0.15, -0.1) is 0 Å². The van der Waals surface area contributed by atoms with Crippen molar-refractivity contribution in [2.24, 2.45) is 0 Å². The summed E-state index contributed by atoms with van der Waals surface area (Å²) >= 11 is 0. The quantitative estimate of drug-likeness (QED) is 0.443. The normalized spacial score (nSPS) is 10.3. The molecule has 0 unspecified atom stereocenters. The van der Waals surface area contributed by atoms with E-state index in [0.29, 0.717) is 11.1 Å². The van der Waals surface area contributed by atoms with E-state index < -0.39 is 10.9 Å². The highest BCUT2D eigenvalue weighted by Gasteiger charge is 2.10. The summed E-state index contributed by atoms with van der Waals surface area (Å²) in [5.74, 6) is -0.480. The van der Waals surface area contributed by atoms with Gasteiger partial charge in [0, 0.05) is 6.08 Å². The van der Waals surface area contributed by atoms with Gasteiger partial charge in [-0.05, 0) is 18.6 Å². The first-order valence-corrected chi connectivity index (χ1v) is 4.73. The molecule has 1 aromatic carbocycles. The van der Waals surface area contributed by atoms with Crippen LogP contribution in [-0.2, 0) is 4.74 Å². The van der Waals surface area contributed by atoms with Gasteiger partial charge in [0.1, 0.15) is 0 Å². The van der Waals surface area contributed by atoms with Crippen molar-refractivity contribution >= 4 is 12.0 Å². The average molecular weight is 221 g/mol. The van der Waals surface area contributed by atoms with Crippen molar-refractivity contribution < 1.29 is 14.5 Å². The highest BCUT2D eigenvalue weighted by Crippen LogP contribution is 2.12. The Morgan fingerprint density at radius 1 is 1.50 bits per heavy atom. The van der Waals surface area contributed by atoms with Crippen LogP contribution in [0, 0.1) is 10.1 Å². The maximum Gasteiger partial charge on any atom is 0.338 e. The molecule has 0 saturated carbocycles. The third-order valence-corrected chi connectivity index (χ3v) is 1.83. The summed E-state index contributed by atoms with van der Waals surface area (Å²) in [6, 6.07) is 6.56. The number of hydrogen-bond acceptors (Lipinski definition) is 4. The predicted octanol–water partition coefficient (Wildman–Crippen LogP) is 2.11. The first kappa shape index (κ1) is 11.9. The zero-order valence-corrected chi connectivity index (χ0v) is 8.75. The molecular weight excluding hydrogens is 210 g/mol. The van der Waals surface area contributed by atoms with E-state index >= 15 is 0 Å². The van der Waals surface area contributed by atoms with Crippen molar-refractivity contribution in [3.63, 3.8) is 0 Å². The molecule has 0 aliphatic carbocycles. The van der Waals surface area contributed by atoms with E-state index in [-0.39, 0.29) is 6.61 Å². The first-order valence-electron chi connectivity index (χ1n) is 4.73. The van der Waals surface area contributed by atoms with Crippen LogP contribution in [0.4, 0.5) is 0 Å². The lowest BCUT2D eigenvalue weighted by molar-refractivity contribution is -0.400. The third kappa shape index (κ3) is 3.20. The lowest BCUT2D eigenvalue weighted by atomic mass is 10.1. The molecule has 0 spiro atoms. The van der Waals surface area contributed by atoms with Gasteiger partial charge in [0.05, 0.1) is 17.1 Å². The van der Waals surface area contributed by atoms with Crippen LogP contribution in [0.1, 0.15) is 22.8 Å². The average Bonchev–Trinajstić information content (AvgIpc) is 2.27. The molecule has 0 aliphatic rings. The number of carbonyl (C=O) groups is 1. The Morgan fingerprint density at radius 2 is 2.19 bits per heavy atom. The largest absolute Gasteiger partial charge is 0.462 e. The Morgan fingerprint density at radius 3 is 2.81 bits per heavy atom. The van der Waals surface area contributed by atoms with Crippen LogP contribution < -0.4 is 0 Å². The Labute approximate surface area is 92.5 Å². The minimum atomic E-state index is -0.581. The molecule has 1 rings (SSSR count). The lowest BCUT2D eigenvalue weighted by Gasteiger charge is -2.04. The number of ether oxygens (including phenoxy) is 1. The van der Waals surface area contributed by atoms with Gasteiger partial charge < -0.3 is 4.74 Å². The van der Waals surface area contributed by atoms with Gasteiger partial charge in [-0.3, -0.25) is 10.1 Å². The van der Waals surface area contributed by atoms with Crippen molar-refractivity contribution in [1.82, 2.24) is 0 Å². The van der Waals surface area contributed by atoms with Gasteiger partial charge in [0.2, 0.25) is 6.20 Å². The van der Waals surface area contributed by atoms with E-state index in [1.807, 2.05) is 0 Å². The van der Waals surface area contributed by atoms with Crippen LogP contribution in [0.2, 0.25) is 0 Å². The van der Waals surface area contributed by atoms with E-state index in [0.717, 1.165) is 6.20 Å². The van der Waals surface area contributed by atoms with E-state index in [1.165, 1.54) is 6.08 Å². The highest BCUT2D eigenvalue weighted by molar-refractivity contribution is 5.93. The molecule has 0 radical (unpaired) electrons. The third-order valence-electron chi connectivity index (χ3n) is 1.83. The topological polar surface area (TPSA) is 69.4 Å². The fraction of sp³-hybridized carbons (Fsp3) is 0.182. The Balaban J connectivity index is 3.00. The summed E-state index contributed by atoms with van der Waals surface area (Å²) < 4.78 is 4.83. The summed E-state index contributed by atoms with van der Waals surface area (Å²) in [5.41, 5.74) is 0.792. The monoisotopic (exact) mass is 221 g/mol. The summed E-state index contributed by atoms with van der Waals surface area (Å²) in [7, 11) is 0. The minimum Gasteiger partial charge on any atom is -0.462 e. The second kappa shape index (κ2) is 5.65. The fourth-order valence-corrected chi connectivity index (χ4v) is 1.18. The van der Waals surface area contributed by atoms with Crippen molar-refractivity contribution in [1.29, 1.82) is 0 Å². The molecule has 0 bridgehead atoms. The number of carbonyl (C=O) groups excluding carboxylic acids is 1. The van der Waals surface area contributed by atoms with E-state index in [1.54, 1.807) is 31.2 Å². The Kier molecular flexibility index (Phi) is 4.20. The van der Waals surface area contributed by atoms with Crippen LogP contribution in [0.25, 0.3) is 6.08 Å². The number of nitrogens with zero attached hydrogens (tertiary/aromatic N) is 1. The number of hydrogen-bond donors (Lipinski definition) is 0. The molecule has 0 atom stereocenters. The van der Waals surface area contributed by atoms with Crippen LogP contribution in [0.5, 0.6) is 0 Å². The van der Waals surface area contributed by atoms with Gasteiger partial charge in [0.25, 0.3) is 0 Å². The molecule has 0 heterocycles. The van der Waals surface area contributed by atoms with Crippen LogP contribution >= 0.6 is 0 Å². The molecule has 0 aromatic heterocycles. The maximum atomic E-state index is 11.5. The van der Waals surface area contributed by atoms with Gasteiger partial charge >= 0.3 is 5.97 Å². The predicted molar refractivity (Wildman–Crippen MR) is 58.4 cm³/mol. The SMILES string of the molecule is CCOC(=O)c1ccccc1/C=C\[N+](=O)[O-]. The van der Waals surface area contributed by atoms with Crippen molar-refractivity contribution in [2.45, 2.75) is 6.92 Å². The highest BCUT2D eigenvalue weighted by atomic mass is 16.6. The molecule has 0 aliphatic heterocycles. The summed E-state index contributed by atoms with van der Waals surface area (Å²) in [5, 5.41) is 10.2. The molecule has 1 aromatic rings. The van der Waals surface area contributed by atoms with Gasteiger partial charge in [0.15, 0.2) is 0 Å². The van der Waals surface area contributed by atoms with Crippen molar-refractivity contribution in [3.8, 4) is 0 Å².